The van der Waals surface area contributed by atoms with Crippen LogP contribution in [-0.2, 0) is 4.74 Å². The maximum Gasteiger partial charge on any atom is 0.326 e. The molecule has 2 heterocycles. The topological polar surface area (TPSA) is 136 Å². The zero-order valence-electron chi connectivity index (χ0n) is 10.1. The molecule has 1 fully saturated rings. The van der Waals surface area contributed by atoms with Gasteiger partial charge in [0.15, 0.2) is 0 Å². The number of aliphatic hydroxyl groups is 3. The third-order valence-corrected chi connectivity index (χ3v) is 3.33. The van der Waals surface area contributed by atoms with Crippen molar-refractivity contribution in [2.24, 2.45) is 0 Å². The van der Waals surface area contributed by atoms with Gasteiger partial charge in [-0.05, 0) is 11.1 Å². The Morgan fingerprint density at radius 1 is 1.25 bits per heavy atom. The van der Waals surface area contributed by atoms with Crippen molar-refractivity contribution < 1.29 is 20.1 Å². The van der Waals surface area contributed by atoms with Gasteiger partial charge in [-0.1, -0.05) is 15.9 Å². The van der Waals surface area contributed by atoms with Gasteiger partial charge in [-0.15, -0.1) is 0 Å². The first-order chi connectivity index (χ1) is 9.49. The summed E-state index contributed by atoms with van der Waals surface area (Å²) in [5, 5.41) is 28.7. The van der Waals surface area contributed by atoms with Crippen molar-refractivity contribution in [3.05, 3.63) is 37.1 Å². The number of halogens is 1. The maximum absolute atomic E-state index is 11.8. The Morgan fingerprint density at radius 3 is 2.50 bits per heavy atom. The number of aromatic nitrogens is 2. The highest BCUT2D eigenvalue weighted by atomic mass is 79.9. The van der Waals surface area contributed by atoms with Gasteiger partial charge >= 0.3 is 5.69 Å². The summed E-state index contributed by atoms with van der Waals surface area (Å²) in [4.78, 5) is 29.0. The van der Waals surface area contributed by atoms with Crippen molar-refractivity contribution in [2.75, 3.05) is 6.61 Å². The summed E-state index contributed by atoms with van der Waals surface area (Å²) in [6, 6.07) is 0. The Balaban J connectivity index is 2.53. The molecule has 1 aromatic heterocycles. The molecular formula is C11H13BrN2O6. The second kappa shape index (κ2) is 6.02. The summed E-state index contributed by atoms with van der Waals surface area (Å²) in [7, 11) is 0. The lowest BCUT2D eigenvalue weighted by molar-refractivity contribution is -0.0241. The predicted molar refractivity (Wildman–Crippen MR) is 72.4 cm³/mol. The van der Waals surface area contributed by atoms with Gasteiger partial charge in [0, 0.05) is 0 Å². The van der Waals surface area contributed by atoms with Crippen LogP contribution in [0.4, 0.5) is 0 Å². The van der Waals surface area contributed by atoms with E-state index >= 15 is 0 Å². The number of ether oxygens (including phenoxy) is 1. The van der Waals surface area contributed by atoms with Crippen LogP contribution in [0.1, 0.15) is 17.4 Å². The molecule has 0 saturated carbocycles. The summed E-state index contributed by atoms with van der Waals surface area (Å²) in [5.41, 5.74) is -1.29. The molecule has 4 atom stereocenters. The second-order valence-electron chi connectivity index (χ2n) is 4.29. The minimum Gasteiger partial charge on any atom is -0.394 e. The van der Waals surface area contributed by atoms with E-state index in [9.17, 15) is 19.8 Å². The average Bonchev–Trinajstić information content (AvgIpc) is 2.69. The van der Waals surface area contributed by atoms with E-state index in [-0.39, 0.29) is 11.3 Å². The standard InChI is InChI=1S/C11H13BrN2O6/c12-2-1-4-6(13-11(19)14-10(4)18)9-8(17)7(16)5(3-15)20-9/h1-2,5,7-9,15-17H,3H2,(H2,13,14,18,19)/b2-1+/t5-,7-,8+,9?/m0/s1. The molecule has 0 aromatic carbocycles. The first-order valence-electron chi connectivity index (χ1n) is 5.75. The van der Waals surface area contributed by atoms with E-state index in [0.717, 1.165) is 0 Å². The van der Waals surface area contributed by atoms with Crippen LogP contribution in [0.25, 0.3) is 6.08 Å². The van der Waals surface area contributed by atoms with Crippen LogP contribution < -0.4 is 11.2 Å². The van der Waals surface area contributed by atoms with Crippen molar-refractivity contribution in [1.29, 1.82) is 0 Å². The van der Waals surface area contributed by atoms with Gasteiger partial charge < -0.3 is 25.0 Å². The zero-order chi connectivity index (χ0) is 14.9. The minimum absolute atomic E-state index is 0.0388. The average molecular weight is 349 g/mol. The summed E-state index contributed by atoms with van der Waals surface area (Å²) in [6.45, 7) is -0.494. The van der Waals surface area contributed by atoms with Crippen LogP contribution in [0, 0.1) is 0 Å². The van der Waals surface area contributed by atoms with Crippen molar-refractivity contribution in [1.82, 2.24) is 9.97 Å². The van der Waals surface area contributed by atoms with Gasteiger partial charge in [-0.3, -0.25) is 9.78 Å². The third kappa shape index (κ3) is 2.63. The molecular weight excluding hydrogens is 336 g/mol. The van der Waals surface area contributed by atoms with Crippen molar-refractivity contribution in [3.8, 4) is 0 Å². The molecule has 0 amide bonds. The molecule has 110 valence electrons. The molecule has 0 radical (unpaired) electrons. The Hall–Kier alpha value is -1.26. The van der Waals surface area contributed by atoms with Gasteiger partial charge in [0.25, 0.3) is 5.56 Å². The molecule has 1 aromatic rings. The molecule has 2 rings (SSSR count). The molecule has 20 heavy (non-hydrogen) atoms. The number of rotatable bonds is 3. The number of aliphatic hydroxyl groups excluding tert-OH is 3. The summed E-state index contributed by atoms with van der Waals surface area (Å²) in [5.74, 6) is 0. The van der Waals surface area contributed by atoms with Gasteiger partial charge in [0.05, 0.1) is 17.9 Å². The SMILES string of the molecule is O=c1[nH]c(C2O[C@@H](CO)[C@H](O)[C@H]2O)c(/C=C/Br)c(=O)[nH]1. The number of hydrogen-bond donors (Lipinski definition) is 5. The summed E-state index contributed by atoms with van der Waals surface area (Å²) < 4.78 is 5.30. The lowest BCUT2D eigenvalue weighted by Crippen LogP contribution is -2.34. The highest BCUT2D eigenvalue weighted by molar-refractivity contribution is 9.11. The molecule has 1 aliphatic heterocycles. The highest BCUT2D eigenvalue weighted by Crippen LogP contribution is 2.33. The highest BCUT2D eigenvalue weighted by Gasteiger charge is 2.44. The lowest BCUT2D eigenvalue weighted by atomic mass is 10.0. The molecule has 9 heteroatoms. The maximum atomic E-state index is 11.8. The fraction of sp³-hybridized carbons (Fsp3) is 0.455. The molecule has 1 unspecified atom stereocenters. The Kier molecular flexibility index (Phi) is 4.55. The van der Waals surface area contributed by atoms with Crippen LogP contribution >= 0.6 is 15.9 Å². The first kappa shape index (κ1) is 15.1. The summed E-state index contributed by atoms with van der Waals surface area (Å²) in [6.07, 6.45) is -3.41. The largest absolute Gasteiger partial charge is 0.394 e. The van der Waals surface area contributed by atoms with Crippen LogP contribution in [-0.4, -0.2) is 50.2 Å². The van der Waals surface area contributed by atoms with Gasteiger partial charge in [0.1, 0.15) is 24.4 Å². The third-order valence-electron chi connectivity index (χ3n) is 3.07. The number of nitrogens with one attached hydrogen (secondary N) is 2. The van der Waals surface area contributed by atoms with Crippen molar-refractivity contribution >= 4 is 22.0 Å². The van der Waals surface area contributed by atoms with Gasteiger partial charge in [-0.25, -0.2) is 4.79 Å². The lowest BCUT2D eigenvalue weighted by Gasteiger charge is -2.16. The van der Waals surface area contributed by atoms with Crippen LogP contribution in [0.15, 0.2) is 14.6 Å². The quantitative estimate of drug-likeness (QED) is 0.455. The van der Waals surface area contributed by atoms with Crippen molar-refractivity contribution in [2.45, 2.75) is 24.4 Å². The van der Waals surface area contributed by atoms with Crippen molar-refractivity contribution in [3.63, 3.8) is 0 Å². The predicted octanol–water partition coefficient (Wildman–Crippen LogP) is -1.42. The van der Waals surface area contributed by atoms with E-state index < -0.39 is 42.3 Å². The number of aromatic amines is 2. The van der Waals surface area contributed by atoms with E-state index in [1.807, 2.05) is 0 Å². The van der Waals surface area contributed by atoms with E-state index in [4.69, 9.17) is 9.84 Å². The Morgan fingerprint density at radius 2 is 1.95 bits per heavy atom. The fourth-order valence-electron chi connectivity index (χ4n) is 2.10. The fourth-order valence-corrected chi connectivity index (χ4v) is 2.37. The van der Waals surface area contributed by atoms with E-state index in [1.54, 1.807) is 0 Å². The molecule has 8 nitrogen and oxygen atoms in total. The molecule has 1 aliphatic rings. The molecule has 0 bridgehead atoms. The summed E-state index contributed by atoms with van der Waals surface area (Å²) >= 11 is 3.02. The second-order valence-corrected chi connectivity index (χ2v) is 4.82. The molecule has 0 spiro atoms. The molecule has 5 N–H and O–H groups in total. The normalized spacial score (nSPS) is 30.2. The van der Waals surface area contributed by atoms with Gasteiger partial charge in [0.2, 0.25) is 0 Å². The van der Waals surface area contributed by atoms with Crippen LogP contribution in [0.2, 0.25) is 0 Å². The smallest absolute Gasteiger partial charge is 0.326 e. The van der Waals surface area contributed by atoms with Crippen LogP contribution in [0.3, 0.4) is 0 Å². The van der Waals surface area contributed by atoms with E-state index in [2.05, 4.69) is 25.9 Å². The molecule has 1 saturated heterocycles. The Bertz CT molecular complexity index is 624. The minimum atomic E-state index is -1.37. The first-order valence-corrected chi connectivity index (χ1v) is 6.67. The number of H-pyrrole nitrogens is 2. The van der Waals surface area contributed by atoms with Crippen LogP contribution in [0.5, 0.6) is 0 Å². The van der Waals surface area contributed by atoms with E-state index in [1.165, 1.54) is 11.1 Å². The van der Waals surface area contributed by atoms with E-state index in [0.29, 0.717) is 0 Å². The molecule has 0 aliphatic carbocycles. The van der Waals surface area contributed by atoms with Gasteiger partial charge in [-0.2, -0.15) is 0 Å². The zero-order valence-corrected chi connectivity index (χ0v) is 11.7. The monoisotopic (exact) mass is 348 g/mol. The number of hydrogen-bond acceptors (Lipinski definition) is 6. The Labute approximate surface area is 120 Å².